The zero-order valence-corrected chi connectivity index (χ0v) is 10.2. The van der Waals surface area contributed by atoms with Gasteiger partial charge in [0.1, 0.15) is 5.82 Å². The molecule has 0 bridgehead atoms. The van der Waals surface area contributed by atoms with Crippen LogP contribution in [0.25, 0.3) is 0 Å². The first kappa shape index (κ1) is 12.6. The first-order chi connectivity index (χ1) is 7.40. The molecule has 1 heterocycles. The topological polar surface area (TPSA) is 68.0 Å². The average Bonchev–Trinajstić information content (AvgIpc) is 2.14. The Hall–Kier alpha value is -1.42. The van der Waals surface area contributed by atoms with Gasteiger partial charge in [-0.05, 0) is 38.5 Å². The Morgan fingerprint density at radius 2 is 2.00 bits per heavy atom. The van der Waals surface area contributed by atoms with Gasteiger partial charge in [-0.1, -0.05) is 6.92 Å². The number of nitrogens with two attached hydrogens (primary N) is 1. The van der Waals surface area contributed by atoms with Crippen molar-refractivity contribution < 1.29 is 4.79 Å². The fourth-order valence-electron chi connectivity index (χ4n) is 1.38. The summed E-state index contributed by atoms with van der Waals surface area (Å²) in [5.41, 5.74) is 7.64. The van der Waals surface area contributed by atoms with Crippen LogP contribution >= 0.6 is 0 Å². The quantitative estimate of drug-likeness (QED) is 0.815. The normalized spacial score (nSPS) is 14.3. The van der Waals surface area contributed by atoms with Gasteiger partial charge in [0.05, 0.1) is 5.92 Å². The largest absolute Gasteiger partial charge is 0.327 e. The number of nitrogens with one attached hydrogen (secondary N) is 1. The van der Waals surface area contributed by atoms with Crippen LogP contribution in [0.15, 0.2) is 12.1 Å². The molecule has 0 aliphatic heterocycles. The Morgan fingerprint density at radius 3 is 2.50 bits per heavy atom. The zero-order chi connectivity index (χ0) is 12.3. The molecule has 16 heavy (non-hydrogen) atoms. The molecule has 0 saturated carbocycles. The number of pyridine rings is 1. The van der Waals surface area contributed by atoms with Crippen LogP contribution in [0.5, 0.6) is 0 Å². The van der Waals surface area contributed by atoms with Gasteiger partial charge >= 0.3 is 0 Å². The van der Waals surface area contributed by atoms with Gasteiger partial charge in [0.25, 0.3) is 0 Å². The number of hydrogen-bond donors (Lipinski definition) is 2. The first-order valence-electron chi connectivity index (χ1n) is 5.42. The van der Waals surface area contributed by atoms with Crippen LogP contribution in [0.3, 0.4) is 0 Å². The van der Waals surface area contributed by atoms with Gasteiger partial charge < -0.3 is 11.1 Å². The van der Waals surface area contributed by atoms with Crippen LogP contribution in [0, 0.1) is 19.8 Å². The summed E-state index contributed by atoms with van der Waals surface area (Å²) in [6.07, 6.45) is 0. The monoisotopic (exact) mass is 221 g/mol. The Morgan fingerprint density at radius 1 is 1.38 bits per heavy atom. The highest BCUT2D eigenvalue weighted by Gasteiger charge is 2.17. The van der Waals surface area contributed by atoms with Crippen molar-refractivity contribution >= 4 is 11.7 Å². The van der Waals surface area contributed by atoms with Gasteiger partial charge in [0.15, 0.2) is 0 Å². The maximum atomic E-state index is 11.7. The molecule has 0 fully saturated rings. The molecule has 1 aromatic rings. The number of aromatic nitrogens is 1. The highest BCUT2D eigenvalue weighted by Crippen LogP contribution is 2.11. The molecule has 0 aliphatic rings. The number of carbonyl (C=O) groups excluding carboxylic acids is 1. The van der Waals surface area contributed by atoms with Gasteiger partial charge in [0.2, 0.25) is 5.91 Å². The average molecular weight is 221 g/mol. The van der Waals surface area contributed by atoms with E-state index in [2.05, 4.69) is 10.3 Å². The van der Waals surface area contributed by atoms with E-state index in [-0.39, 0.29) is 17.9 Å². The molecule has 0 saturated heterocycles. The first-order valence-corrected chi connectivity index (χ1v) is 5.42. The maximum absolute atomic E-state index is 11.7. The second-order valence-corrected chi connectivity index (χ2v) is 4.31. The van der Waals surface area contributed by atoms with Crippen molar-refractivity contribution in [3.63, 3.8) is 0 Å². The summed E-state index contributed by atoms with van der Waals surface area (Å²) in [6.45, 7) is 7.50. The van der Waals surface area contributed by atoms with Gasteiger partial charge in [-0.2, -0.15) is 0 Å². The van der Waals surface area contributed by atoms with Crippen LogP contribution in [0.1, 0.15) is 25.1 Å². The summed E-state index contributed by atoms with van der Waals surface area (Å²) in [7, 11) is 0. The summed E-state index contributed by atoms with van der Waals surface area (Å²) in [5.74, 6) is 0.283. The predicted octanol–water partition coefficient (Wildman–Crippen LogP) is 1.62. The van der Waals surface area contributed by atoms with E-state index in [1.807, 2.05) is 39.8 Å². The third-order valence-corrected chi connectivity index (χ3v) is 2.55. The number of amides is 1. The minimum absolute atomic E-state index is 0.0903. The summed E-state index contributed by atoms with van der Waals surface area (Å²) >= 11 is 0. The van der Waals surface area contributed by atoms with E-state index in [1.165, 1.54) is 0 Å². The summed E-state index contributed by atoms with van der Waals surface area (Å²) in [6, 6.07) is 3.65. The molecule has 4 heteroatoms. The van der Waals surface area contributed by atoms with Crippen LogP contribution < -0.4 is 11.1 Å². The molecule has 0 aliphatic carbocycles. The minimum atomic E-state index is -0.220. The number of nitrogens with zero attached hydrogens (tertiary/aromatic N) is 1. The van der Waals surface area contributed by atoms with Crippen LogP contribution in [-0.4, -0.2) is 16.9 Å². The molecule has 0 radical (unpaired) electrons. The van der Waals surface area contributed by atoms with E-state index in [1.54, 1.807) is 0 Å². The van der Waals surface area contributed by atoms with Crippen molar-refractivity contribution in [3.8, 4) is 0 Å². The van der Waals surface area contributed by atoms with E-state index in [9.17, 15) is 4.79 Å². The number of anilines is 1. The molecule has 2 atom stereocenters. The zero-order valence-electron chi connectivity index (χ0n) is 10.2. The highest BCUT2D eigenvalue weighted by molar-refractivity contribution is 5.91. The van der Waals surface area contributed by atoms with Crippen molar-refractivity contribution in [2.45, 2.75) is 33.7 Å². The van der Waals surface area contributed by atoms with Crippen LogP contribution in [0.2, 0.25) is 0 Å². The molecule has 0 aromatic carbocycles. The molecule has 3 N–H and O–H groups in total. The molecule has 1 rings (SSSR count). The van der Waals surface area contributed by atoms with Gasteiger partial charge in [-0.3, -0.25) is 4.79 Å². The number of aryl methyl sites for hydroxylation is 2. The van der Waals surface area contributed by atoms with Gasteiger partial charge in [-0.25, -0.2) is 4.98 Å². The molecular weight excluding hydrogens is 202 g/mol. The van der Waals surface area contributed by atoms with Crippen LogP contribution in [0.4, 0.5) is 5.82 Å². The highest BCUT2D eigenvalue weighted by atomic mass is 16.1. The maximum Gasteiger partial charge on any atom is 0.229 e. The number of rotatable bonds is 3. The minimum Gasteiger partial charge on any atom is -0.327 e. The standard InChI is InChI=1S/C12H19N3O/c1-7-5-8(2)14-11(6-7)15-12(16)9(3)10(4)13/h5-6,9-10H,13H2,1-4H3,(H,14,15,16). The van der Waals surface area contributed by atoms with E-state index < -0.39 is 0 Å². The molecule has 1 amide bonds. The molecular formula is C12H19N3O. The van der Waals surface area contributed by atoms with E-state index in [4.69, 9.17) is 5.73 Å². The number of carbonyl (C=O) groups is 1. The van der Waals surface area contributed by atoms with Crippen molar-refractivity contribution in [2.24, 2.45) is 11.7 Å². The van der Waals surface area contributed by atoms with Crippen molar-refractivity contribution in [1.29, 1.82) is 0 Å². The Labute approximate surface area is 96.3 Å². The van der Waals surface area contributed by atoms with Gasteiger partial charge in [0, 0.05) is 11.7 Å². The van der Waals surface area contributed by atoms with Gasteiger partial charge in [-0.15, -0.1) is 0 Å². The predicted molar refractivity (Wildman–Crippen MR) is 65.2 cm³/mol. The Balaban J connectivity index is 2.77. The lowest BCUT2D eigenvalue weighted by Crippen LogP contribution is -2.34. The Bertz CT molecular complexity index is 368. The lowest BCUT2D eigenvalue weighted by Gasteiger charge is -2.15. The van der Waals surface area contributed by atoms with Crippen molar-refractivity contribution in [2.75, 3.05) is 5.32 Å². The van der Waals surface area contributed by atoms with Crippen molar-refractivity contribution in [1.82, 2.24) is 4.98 Å². The lowest BCUT2D eigenvalue weighted by atomic mass is 10.0. The van der Waals surface area contributed by atoms with E-state index >= 15 is 0 Å². The van der Waals surface area contributed by atoms with Crippen molar-refractivity contribution in [3.05, 3.63) is 23.4 Å². The second-order valence-electron chi connectivity index (χ2n) is 4.31. The number of hydrogen-bond acceptors (Lipinski definition) is 3. The third kappa shape index (κ3) is 3.31. The van der Waals surface area contributed by atoms with E-state index in [0.29, 0.717) is 5.82 Å². The molecule has 88 valence electrons. The molecule has 0 spiro atoms. The third-order valence-electron chi connectivity index (χ3n) is 2.55. The lowest BCUT2D eigenvalue weighted by molar-refractivity contribution is -0.119. The fourth-order valence-corrected chi connectivity index (χ4v) is 1.38. The summed E-state index contributed by atoms with van der Waals surface area (Å²) < 4.78 is 0. The Kier molecular flexibility index (Phi) is 4.01. The summed E-state index contributed by atoms with van der Waals surface area (Å²) in [5, 5.41) is 2.77. The molecule has 4 nitrogen and oxygen atoms in total. The van der Waals surface area contributed by atoms with Crippen LogP contribution in [-0.2, 0) is 4.79 Å². The summed E-state index contributed by atoms with van der Waals surface area (Å²) in [4.78, 5) is 16.0. The second kappa shape index (κ2) is 5.07. The molecule has 2 unspecified atom stereocenters. The molecule has 1 aromatic heterocycles. The fraction of sp³-hybridized carbons (Fsp3) is 0.500. The SMILES string of the molecule is Cc1cc(C)nc(NC(=O)C(C)C(C)N)c1. The van der Waals surface area contributed by atoms with E-state index in [0.717, 1.165) is 11.3 Å². The smallest absolute Gasteiger partial charge is 0.229 e.